The molecule has 0 aliphatic rings. The van der Waals surface area contributed by atoms with Crippen LogP contribution in [0.2, 0.25) is 0 Å². The van der Waals surface area contributed by atoms with Gasteiger partial charge in [-0.05, 0) is 148 Å². The van der Waals surface area contributed by atoms with Crippen molar-refractivity contribution in [2.45, 2.75) is 0 Å². The second-order valence-corrected chi connectivity index (χ2v) is 17.4. The van der Waals surface area contributed by atoms with E-state index in [1.165, 1.54) is 4.90 Å². The molecule has 0 unspecified atom stereocenters. The van der Waals surface area contributed by atoms with E-state index >= 15 is 0 Å². The minimum absolute atomic E-state index is 0.0818. The van der Waals surface area contributed by atoms with E-state index in [2.05, 4.69) is 42.5 Å². The van der Waals surface area contributed by atoms with E-state index < -0.39 is 24.2 Å². The molecule has 0 saturated heterocycles. The first-order valence-corrected chi connectivity index (χ1v) is 23.8. The highest BCUT2D eigenvalue weighted by Gasteiger charge is 2.18. The summed E-state index contributed by atoms with van der Waals surface area (Å²) in [5.41, 5.74) is 12.3. The minimum atomic E-state index is -0.418. The van der Waals surface area contributed by atoms with Crippen molar-refractivity contribution in [1.82, 2.24) is 0 Å². The van der Waals surface area contributed by atoms with Gasteiger partial charge in [0, 0.05) is 17.1 Å². The molecule has 0 aromatic heterocycles. The number of fused-ring (bicyclic) bond motifs is 1. The molecular formula is C70H49N. The average Bonchev–Trinajstić information content (AvgIpc) is 3.70. The van der Waals surface area contributed by atoms with Gasteiger partial charge in [-0.2, -0.15) is 0 Å². The summed E-state index contributed by atoms with van der Waals surface area (Å²) in [5, 5.41) is 1.61. The lowest BCUT2D eigenvalue weighted by molar-refractivity contribution is 1.28. The fraction of sp³-hybridized carbons (Fsp3) is 0. The third-order valence-electron chi connectivity index (χ3n) is 13.1. The van der Waals surface area contributed by atoms with Gasteiger partial charge in [0.1, 0.15) is 0 Å². The Morgan fingerprint density at radius 2 is 0.592 bits per heavy atom. The van der Waals surface area contributed by atoms with E-state index in [-0.39, 0.29) is 46.7 Å². The largest absolute Gasteiger partial charge is 0.311 e. The van der Waals surface area contributed by atoms with Crippen LogP contribution in [0, 0.1) is 0 Å². The van der Waals surface area contributed by atoms with Crippen LogP contribution in [0.3, 0.4) is 0 Å². The maximum absolute atomic E-state index is 9.98. The molecule has 0 radical (unpaired) electrons. The Bertz CT molecular complexity index is 4190. The summed E-state index contributed by atoms with van der Waals surface area (Å²) >= 11 is 0. The molecule has 0 heterocycles. The number of hydrogen-bond donors (Lipinski definition) is 0. The van der Waals surface area contributed by atoms with E-state index in [1.54, 1.807) is 12.1 Å². The molecule has 0 bridgehead atoms. The van der Waals surface area contributed by atoms with Gasteiger partial charge >= 0.3 is 0 Å². The Labute approximate surface area is 428 Å². The molecule has 12 aromatic rings. The first-order valence-electron chi connectivity index (χ1n) is 27.8. The molecule has 0 amide bonds. The predicted molar refractivity (Wildman–Crippen MR) is 302 cm³/mol. The zero-order valence-corrected chi connectivity index (χ0v) is 38.6. The van der Waals surface area contributed by atoms with E-state index in [0.717, 1.165) is 77.5 Å². The summed E-state index contributed by atoms with van der Waals surface area (Å²) in [6.45, 7) is 0. The second-order valence-electron chi connectivity index (χ2n) is 17.4. The van der Waals surface area contributed by atoms with Crippen LogP contribution >= 0.6 is 0 Å². The highest BCUT2D eigenvalue weighted by molar-refractivity contribution is 6.04. The summed E-state index contributed by atoms with van der Waals surface area (Å²) in [5.74, 6) is 0. The maximum atomic E-state index is 9.98. The molecule has 1 nitrogen and oxygen atoms in total. The maximum Gasteiger partial charge on any atom is 0.0645 e. The van der Waals surface area contributed by atoms with Crippen LogP contribution in [0.15, 0.2) is 297 Å². The smallest absolute Gasteiger partial charge is 0.0645 e. The van der Waals surface area contributed by atoms with Crippen LogP contribution in [0.25, 0.3) is 99.8 Å². The van der Waals surface area contributed by atoms with E-state index in [0.29, 0.717) is 16.8 Å². The quantitative estimate of drug-likeness (QED) is 0.125. The standard InChI is InChI=1S/C70H49N/c1-6-18-52(19-7-1)64-45-37-59(48-68(64)55-24-12-4-13-25-55)50-30-39-61(40-31-50)71(63-43-34-58(35-44-63)70-66-29-17-16-28-57(66)36-47-67(70)54-22-10-3-11-23-54)62-41-32-51(33-42-62)60-38-46-65(53-20-8-2-9-21-53)69(49-60)56-26-14-5-15-27-56/h1-49H/i30D,31D,34D,35D,39D,40D,43D,44D. The third-order valence-corrected chi connectivity index (χ3v) is 13.1. The van der Waals surface area contributed by atoms with Crippen molar-refractivity contribution in [2.75, 3.05) is 4.90 Å². The summed E-state index contributed by atoms with van der Waals surface area (Å²) in [6.07, 6.45) is 0. The Balaban J connectivity index is 1.06. The molecular weight excluding hydrogens is 855 g/mol. The molecule has 71 heavy (non-hydrogen) atoms. The fourth-order valence-electron chi connectivity index (χ4n) is 9.55. The zero-order chi connectivity index (χ0) is 54.3. The topological polar surface area (TPSA) is 3.24 Å². The predicted octanol–water partition coefficient (Wildman–Crippen LogP) is 19.6. The highest BCUT2D eigenvalue weighted by Crippen LogP contribution is 2.43. The van der Waals surface area contributed by atoms with Crippen molar-refractivity contribution in [2.24, 2.45) is 0 Å². The third kappa shape index (κ3) is 8.74. The van der Waals surface area contributed by atoms with E-state index in [4.69, 9.17) is 0 Å². The first-order chi connectivity index (χ1) is 38.6. The van der Waals surface area contributed by atoms with Crippen molar-refractivity contribution >= 4 is 27.8 Å². The van der Waals surface area contributed by atoms with Crippen LogP contribution < -0.4 is 4.90 Å². The Morgan fingerprint density at radius 1 is 0.225 bits per heavy atom. The average molecular weight is 912 g/mol. The highest BCUT2D eigenvalue weighted by atomic mass is 15.1. The van der Waals surface area contributed by atoms with Crippen molar-refractivity contribution < 1.29 is 11.0 Å². The second kappa shape index (κ2) is 19.4. The van der Waals surface area contributed by atoms with Crippen molar-refractivity contribution in [3.8, 4) is 89.0 Å². The molecule has 12 aromatic carbocycles. The van der Waals surface area contributed by atoms with Crippen LogP contribution in [0.5, 0.6) is 0 Å². The normalized spacial score (nSPS) is 12.7. The van der Waals surface area contributed by atoms with Crippen LogP contribution in [0.4, 0.5) is 17.1 Å². The van der Waals surface area contributed by atoms with Gasteiger partial charge < -0.3 is 4.90 Å². The lowest BCUT2D eigenvalue weighted by Crippen LogP contribution is -2.09. The number of nitrogens with zero attached hydrogens (tertiary/aromatic N) is 1. The van der Waals surface area contributed by atoms with Gasteiger partial charge in [-0.25, -0.2) is 0 Å². The molecule has 0 atom stereocenters. The van der Waals surface area contributed by atoms with E-state index in [9.17, 15) is 11.0 Å². The van der Waals surface area contributed by atoms with Crippen molar-refractivity contribution in [3.63, 3.8) is 0 Å². The number of rotatable bonds is 11. The van der Waals surface area contributed by atoms with Gasteiger partial charge in [0.25, 0.3) is 0 Å². The Hall–Kier alpha value is -9.30. The Morgan fingerprint density at radius 3 is 1.07 bits per heavy atom. The zero-order valence-electron chi connectivity index (χ0n) is 46.6. The molecule has 1 heteroatoms. The number of anilines is 3. The molecule has 0 fully saturated rings. The first kappa shape index (κ1) is 34.9. The summed E-state index contributed by atoms with van der Waals surface area (Å²) in [4.78, 5) is 1.38. The van der Waals surface area contributed by atoms with Crippen LogP contribution in [-0.2, 0) is 0 Å². The Kier molecular flexibility index (Phi) is 9.52. The summed E-state index contributed by atoms with van der Waals surface area (Å²) in [7, 11) is 0. The summed E-state index contributed by atoms with van der Waals surface area (Å²) < 4.78 is 79.1. The number of hydrogen-bond acceptors (Lipinski definition) is 1. The lowest BCUT2D eigenvalue weighted by atomic mass is 9.89. The fourth-order valence-corrected chi connectivity index (χ4v) is 9.55. The molecule has 0 aliphatic heterocycles. The number of benzene rings is 12. The van der Waals surface area contributed by atoms with Crippen molar-refractivity contribution in [1.29, 1.82) is 0 Å². The SMILES string of the molecule is [2H]c1c([2H])c(N(c2ccc(-c3ccc(-c4ccccc4)c(-c4ccccc4)c3)cc2)c2c([2H])c([2H])c(-c3c(-c4ccccc4)ccc4ccccc34)c([2H])c2[2H])c([2H])c([2H])c1-c1ccc(-c2ccccc2)c(-c2ccccc2)c1. The van der Waals surface area contributed by atoms with Crippen LogP contribution in [-0.4, -0.2) is 0 Å². The molecule has 0 spiro atoms. The van der Waals surface area contributed by atoms with Crippen LogP contribution in [0.1, 0.15) is 11.0 Å². The van der Waals surface area contributed by atoms with Gasteiger partial charge in [0.05, 0.1) is 11.0 Å². The van der Waals surface area contributed by atoms with E-state index in [1.807, 2.05) is 194 Å². The van der Waals surface area contributed by atoms with Gasteiger partial charge in [0.15, 0.2) is 0 Å². The van der Waals surface area contributed by atoms with Crippen molar-refractivity contribution in [3.05, 3.63) is 297 Å². The van der Waals surface area contributed by atoms with Gasteiger partial charge in [-0.3, -0.25) is 0 Å². The van der Waals surface area contributed by atoms with Gasteiger partial charge in [-0.15, -0.1) is 0 Å². The molecule has 12 rings (SSSR count). The van der Waals surface area contributed by atoms with Gasteiger partial charge in [0.2, 0.25) is 0 Å². The molecule has 0 aliphatic carbocycles. The minimum Gasteiger partial charge on any atom is -0.311 e. The monoisotopic (exact) mass is 911 g/mol. The summed E-state index contributed by atoms with van der Waals surface area (Å²) in [6, 6.07) is 77.9. The lowest BCUT2D eigenvalue weighted by Gasteiger charge is -2.26. The molecule has 334 valence electrons. The van der Waals surface area contributed by atoms with Gasteiger partial charge in [-0.1, -0.05) is 249 Å². The molecule has 0 N–H and O–H groups in total. The molecule has 0 saturated carbocycles.